The van der Waals surface area contributed by atoms with E-state index in [2.05, 4.69) is 5.32 Å². The summed E-state index contributed by atoms with van der Waals surface area (Å²) in [6.45, 7) is 2.18. The molecule has 0 radical (unpaired) electrons. The van der Waals surface area contributed by atoms with Gasteiger partial charge in [-0.05, 0) is 50.3 Å². The zero-order valence-electron chi connectivity index (χ0n) is 13.1. The van der Waals surface area contributed by atoms with Gasteiger partial charge in [0.1, 0.15) is 5.82 Å². The minimum Gasteiger partial charge on any atom is -0.353 e. The maximum Gasteiger partial charge on any atom is 0.243 e. The summed E-state index contributed by atoms with van der Waals surface area (Å²) in [5.74, 6) is -0.967. The van der Waals surface area contributed by atoms with E-state index in [9.17, 15) is 17.6 Å². The summed E-state index contributed by atoms with van der Waals surface area (Å²) >= 11 is 0. The Morgan fingerprint density at radius 1 is 1.30 bits per heavy atom. The predicted octanol–water partition coefficient (Wildman–Crippen LogP) is 1.81. The van der Waals surface area contributed by atoms with Gasteiger partial charge in [-0.15, -0.1) is 0 Å². The van der Waals surface area contributed by atoms with Gasteiger partial charge in [0.25, 0.3) is 0 Å². The lowest BCUT2D eigenvalue weighted by atomic mass is 9.99. The molecule has 1 aromatic rings. The lowest BCUT2D eigenvalue weighted by molar-refractivity contribution is -0.126. The molecule has 126 valence electrons. The van der Waals surface area contributed by atoms with Crippen molar-refractivity contribution in [2.45, 2.75) is 43.5 Å². The van der Waals surface area contributed by atoms with Crippen LogP contribution in [0.1, 0.15) is 31.2 Å². The average molecular weight is 340 g/mol. The number of hydrogen-bond donors (Lipinski definition) is 1. The van der Waals surface area contributed by atoms with E-state index in [0.29, 0.717) is 24.9 Å². The summed E-state index contributed by atoms with van der Waals surface area (Å²) in [6, 6.07) is 4.03. The molecule has 0 unspecified atom stereocenters. The van der Waals surface area contributed by atoms with Gasteiger partial charge in [-0.1, -0.05) is 6.07 Å². The molecule has 1 aliphatic carbocycles. The van der Waals surface area contributed by atoms with Crippen LogP contribution in [0.4, 0.5) is 4.39 Å². The molecule has 23 heavy (non-hydrogen) atoms. The minimum absolute atomic E-state index is 0.0132. The number of aryl methyl sites for hydroxylation is 1. The van der Waals surface area contributed by atoms with Crippen molar-refractivity contribution in [3.8, 4) is 0 Å². The predicted molar refractivity (Wildman–Crippen MR) is 83.8 cm³/mol. The first-order chi connectivity index (χ1) is 10.9. The van der Waals surface area contributed by atoms with E-state index in [-0.39, 0.29) is 29.3 Å². The number of hydrogen-bond acceptors (Lipinski definition) is 3. The number of amides is 1. The van der Waals surface area contributed by atoms with Gasteiger partial charge in [0, 0.05) is 19.1 Å². The van der Waals surface area contributed by atoms with Gasteiger partial charge in [-0.25, -0.2) is 12.8 Å². The first-order valence-electron chi connectivity index (χ1n) is 7.94. The molecular formula is C16H21FN2O3S. The smallest absolute Gasteiger partial charge is 0.243 e. The molecule has 0 aromatic heterocycles. The van der Waals surface area contributed by atoms with Crippen molar-refractivity contribution >= 4 is 15.9 Å². The van der Waals surface area contributed by atoms with Crippen LogP contribution in [-0.4, -0.2) is 37.8 Å². The fraction of sp³-hybridized carbons (Fsp3) is 0.562. The lowest BCUT2D eigenvalue weighted by Crippen LogP contribution is -2.45. The van der Waals surface area contributed by atoms with Crippen molar-refractivity contribution in [1.82, 2.24) is 9.62 Å². The molecule has 2 aliphatic rings. The standard InChI is InChI=1S/C16H21FN2O3S/c1-11-4-5-13(17)9-15(11)23(21,22)19-8-2-3-12(10-19)16(20)18-14-6-7-14/h4-5,9,12,14H,2-3,6-8,10H2,1H3,(H,18,20)/t12-/m1/s1. The molecule has 1 amide bonds. The van der Waals surface area contributed by atoms with E-state index in [0.717, 1.165) is 18.9 Å². The molecule has 0 spiro atoms. The Bertz CT molecular complexity index is 716. The highest BCUT2D eigenvalue weighted by atomic mass is 32.2. The third-order valence-electron chi connectivity index (χ3n) is 4.45. The first kappa shape index (κ1) is 16.4. The second kappa shape index (κ2) is 6.20. The van der Waals surface area contributed by atoms with Crippen molar-refractivity contribution in [3.63, 3.8) is 0 Å². The Morgan fingerprint density at radius 3 is 2.74 bits per heavy atom. The number of sulfonamides is 1. The van der Waals surface area contributed by atoms with Crippen LogP contribution in [-0.2, 0) is 14.8 Å². The molecule has 5 nitrogen and oxygen atoms in total. The highest BCUT2D eigenvalue weighted by Crippen LogP contribution is 2.27. The molecule has 3 rings (SSSR count). The Morgan fingerprint density at radius 2 is 2.04 bits per heavy atom. The summed E-state index contributed by atoms with van der Waals surface area (Å²) in [5, 5.41) is 2.94. The van der Waals surface area contributed by atoms with Crippen molar-refractivity contribution < 1.29 is 17.6 Å². The molecule has 0 bridgehead atoms. The molecular weight excluding hydrogens is 319 g/mol. The molecule has 7 heteroatoms. The van der Waals surface area contributed by atoms with E-state index in [4.69, 9.17) is 0 Å². The van der Waals surface area contributed by atoms with E-state index in [1.807, 2.05) is 0 Å². The Labute approximate surface area is 135 Å². The number of carbonyl (C=O) groups is 1. The number of carbonyl (C=O) groups excluding carboxylic acids is 1. The molecule has 1 aromatic carbocycles. The van der Waals surface area contributed by atoms with Crippen molar-refractivity contribution in [2.75, 3.05) is 13.1 Å². The van der Waals surface area contributed by atoms with Crippen LogP contribution < -0.4 is 5.32 Å². The number of nitrogens with zero attached hydrogens (tertiary/aromatic N) is 1. The number of piperidine rings is 1. The Hall–Kier alpha value is -1.47. The second-order valence-corrected chi connectivity index (χ2v) is 8.30. The minimum atomic E-state index is -3.78. The van der Waals surface area contributed by atoms with Crippen molar-refractivity contribution in [1.29, 1.82) is 0 Å². The van der Waals surface area contributed by atoms with Gasteiger partial charge in [-0.2, -0.15) is 4.31 Å². The summed E-state index contributed by atoms with van der Waals surface area (Å²) < 4.78 is 40.3. The van der Waals surface area contributed by atoms with Crippen LogP contribution in [0.25, 0.3) is 0 Å². The molecule has 1 N–H and O–H groups in total. The lowest BCUT2D eigenvalue weighted by Gasteiger charge is -2.31. The zero-order chi connectivity index (χ0) is 16.6. The highest BCUT2D eigenvalue weighted by Gasteiger charge is 2.35. The van der Waals surface area contributed by atoms with Crippen LogP contribution >= 0.6 is 0 Å². The number of benzene rings is 1. The van der Waals surface area contributed by atoms with Crippen LogP contribution in [0, 0.1) is 18.7 Å². The topological polar surface area (TPSA) is 66.5 Å². The maximum atomic E-state index is 13.5. The fourth-order valence-electron chi connectivity index (χ4n) is 2.91. The quantitative estimate of drug-likeness (QED) is 0.909. The van der Waals surface area contributed by atoms with Gasteiger partial charge < -0.3 is 5.32 Å². The monoisotopic (exact) mass is 340 g/mol. The summed E-state index contributed by atoms with van der Waals surface area (Å²) in [5.41, 5.74) is 0.510. The molecule has 1 atom stereocenters. The van der Waals surface area contributed by atoms with Gasteiger partial charge in [0.05, 0.1) is 10.8 Å². The first-order valence-corrected chi connectivity index (χ1v) is 9.38. The van der Waals surface area contributed by atoms with E-state index in [1.54, 1.807) is 6.92 Å². The van der Waals surface area contributed by atoms with E-state index < -0.39 is 15.8 Å². The van der Waals surface area contributed by atoms with Crippen molar-refractivity contribution in [3.05, 3.63) is 29.6 Å². The number of halogens is 1. The molecule has 1 saturated heterocycles. The van der Waals surface area contributed by atoms with Crippen LogP contribution in [0.5, 0.6) is 0 Å². The van der Waals surface area contributed by atoms with Crippen LogP contribution in [0.2, 0.25) is 0 Å². The summed E-state index contributed by atoms with van der Waals surface area (Å²) in [6.07, 6.45) is 3.33. The van der Waals surface area contributed by atoms with Crippen LogP contribution in [0.15, 0.2) is 23.1 Å². The van der Waals surface area contributed by atoms with E-state index in [1.165, 1.54) is 16.4 Å². The van der Waals surface area contributed by atoms with Gasteiger partial charge in [0.15, 0.2) is 0 Å². The average Bonchev–Trinajstić information content (AvgIpc) is 3.33. The fourth-order valence-corrected chi connectivity index (χ4v) is 4.67. The number of rotatable bonds is 4. The second-order valence-electron chi connectivity index (χ2n) is 6.39. The highest BCUT2D eigenvalue weighted by molar-refractivity contribution is 7.89. The normalized spacial score (nSPS) is 22.8. The van der Waals surface area contributed by atoms with Gasteiger partial charge in [-0.3, -0.25) is 4.79 Å². The van der Waals surface area contributed by atoms with Crippen LogP contribution in [0.3, 0.4) is 0 Å². The third-order valence-corrected chi connectivity index (χ3v) is 6.45. The molecule has 1 aliphatic heterocycles. The molecule has 1 saturated carbocycles. The Kier molecular flexibility index (Phi) is 4.42. The van der Waals surface area contributed by atoms with Crippen molar-refractivity contribution in [2.24, 2.45) is 5.92 Å². The number of nitrogens with one attached hydrogen (secondary N) is 1. The summed E-state index contributed by atoms with van der Waals surface area (Å²) in [7, 11) is -3.78. The molecule has 1 heterocycles. The van der Waals surface area contributed by atoms with Gasteiger partial charge in [0.2, 0.25) is 15.9 Å². The third kappa shape index (κ3) is 3.55. The molecule has 2 fully saturated rings. The zero-order valence-corrected chi connectivity index (χ0v) is 13.9. The Balaban J connectivity index is 1.79. The van der Waals surface area contributed by atoms with E-state index >= 15 is 0 Å². The summed E-state index contributed by atoms with van der Waals surface area (Å²) in [4.78, 5) is 12.2. The largest absolute Gasteiger partial charge is 0.353 e. The van der Waals surface area contributed by atoms with Gasteiger partial charge >= 0.3 is 0 Å². The maximum absolute atomic E-state index is 13.5. The SMILES string of the molecule is Cc1ccc(F)cc1S(=O)(=O)N1CCC[C@@H](C(=O)NC2CC2)C1.